The summed E-state index contributed by atoms with van der Waals surface area (Å²) in [5.41, 5.74) is 2.17. The van der Waals surface area contributed by atoms with Crippen molar-refractivity contribution in [2.75, 3.05) is 7.05 Å². The van der Waals surface area contributed by atoms with Gasteiger partial charge in [-0.1, -0.05) is 12.1 Å². The normalized spacial score (nSPS) is 14.7. The molecule has 5 nitrogen and oxygen atoms in total. The average molecular weight is 336 g/mol. The Balaban J connectivity index is 2.12. The summed E-state index contributed by atoms with van der Waals surface area (Å²) in [7, 11) is -1.99. The van der Waals surface area contributed by atoms with Gasteiger partial charge in [-0.25, -0.2) is 13.1 Å². The van der Waals surface area contributed by atoms with Crippen molar-refractivity contribution in [1.29, 1.82) is 0 Å². The van der Waals surface area contributed by atoms with Crippen molar-refractivity contribution in [1.82, 2.24) is 10.0 Å². The predicted molar refractivity (Wildman–Crippen MR) is 90.8 cm³/mol. The summed E-state index contributed by atoms with van der Waals surface area (Å²) in [6.45, 7) is 8.05. The first-order valence-corrected chi connectivity index (χ1v) is 9.09. The number of hydrogen-bond donors (Lipinski definition) is 2. The van der Waals surface area contributed by atoms with E-state index in [-0.39, 0.29) is 17.0 Å². The van der Waals surface area contributed by atoms with Crippen LogP contribution in [-0.4, -0.2) is 15.5 Å². The van der Waals surface area contributed by atoms with Crippen molar-refractivity contribution in [2.24, 2.45) is 0 Å². The standard InChI is InChI=1S/C17H24N2O3S/c1-11-10-17(14(4)22-11)13(3)19-12(2)15-6-8-16(9-7-15)23(20,21)18-5/h6-10,12-13,18-19H,1-5H3. The van der Waals surface area contributed by atoms with Crippen LogP contribution in [0.1, 0.15) is 48.6 Å². The minimum Gasteiger partial charge on any atom is -0.466 e. The van der Waals surface area contributed by atoms with Gasteiger partial charge < -0.3 is 9.73 Å². The molecule has 0 bridgehead atoms. The molecule has 0 saturated carbocycles. The van der Waals surface area contributed by atoms with Gasteiger partial charge in [-0.2, -0.15) is 0 Å². The summed E-state index contributed by atoms with van der Waals surface area (Å²) in [4.78, 5) is 0.269. The lowest BCUT2D eigenvalue weighted by Crippen LogP contribution is -2.23. The van der Waals surface area contributed by atoms with Crippen LogP contribution in [0.25, 0.3) is 0 Å². The predicted octanol–water partition coefficient (Wildman–Crippen LogP) is 3.22. The van der Waals surface area contributed by atoms with E-state index < -0.39 is 10.0 Å². The molecule has 1 heterocycles. The molecule has 0 aliphatic heterocycles. The highest BCUT2D eigenvalue weighted by atomic mass is 32.2. The van der Waals surface area contributed by atoms with Gasteiger partial charge in [-0.05, 0) is 58.5 Å². The molecule has 6 heteroatoms. The average Bonchev–Trinajstić information content (AvgIpc) is 2.86. The molecule has 0 aliphatic carbocycles. The molecule has 0 fully saturated rings. The lowest BCUT2D eigenvalue weighted by molar-refractivity contribution is 0.469. The number of rotatable bonds is 6. The number of hydrogen-bond acceptors (Lipinski definition) is 4. The molecule has 1 aromatic heterocycles. The van der Waals surface area contributed by atoms with E-state index in [0.717, 1.165) is 22.6 Å². The van der Waals surface area contributed by atoms with Gasteiger partial charge in [0.15, 0.2) is 0 Å². The van der Waals surface area contributed by atoms with Gasteiger partial charge in [0.05, 0.1) is 4.90 Å². The van der Waals surface area contributed by atoms with Crippen LogP contribution < -0.4 is 10.0 Å². The molecular weight excluding hydrogens is 312 g/mol. The fourth-order valence-corrected chi connectivity index (χ4v) is 3.42. The highest BCUT2D eigenvalue weighted by Crippen LogP contribution is 2.25. The Hall–Kier alpha value is -1.63. The fourth-order valence-electron chi connectivity index (χ4n) is 2.69. The Kier molecular flexibility index (Phi) is 5.29. The SMILES string of the molecule is CNS(=O)(=O)c1ccc(C(C)NC(C)c2cc(C)oc2C)cc1. The molecule has 0 spiro atoms. The van der Waals surface area contributed by atoms with E-state index in [2.05, 4.69) is 23.9 Å². The van der Waals surface area contributed by atoms with Crippen molar-refractivity contribution in [2.45, 2.75) is 44.7 Å². The number of furan rings is 1. The summed E-state index contributed by atoms with van der Waals surface area (Å²) in [6.07, 6.45) is 0. The van der Waals surface area contributed by atoms with Crippen LogP contribution in [0, 0.1) is 13.8 Å². The Morgan fingerprint density at radius 2 is 1.65 bits per heavy atom. The molecular formula is C17H24N2O3S. The van der Waals surface area contributed by atoms with Gasteiger partial charge >= 0.3 is 0 Å². The van der Waals surface area contributed by atoms with E-state index in [4.69, 9.17) is 4.42 Å². The lowest BCUT2D eigenvalue weighted by atomic mass is 10.0. The van der Waals surface area contributed by atoms with Gasteiger partial charge in [0, 0.05) is 17.6 Å². The minimum absolute atomic E-state index is 0.0888. The molecule has 0 aliphatic rings. The maximum Gasteiger partial charge on any atom is 0.240 e. The van der Waals surface area contributed by atoms with Crippen LogP contribution >= 0.6 is 0 Å². The molecule has 0 amide bonds. The molecule has 2 atom stereocenters. The largest absolute Gasteiger partial charge is 0.466 e. The van der Waals surface area contributed by atoms with E-state index >= 15 is 0 Å². The first-order chi connectivity index (χ1) is 10.7. The first-order valence-electron chi connectivity index (χ1n) is 7.61. The lowest BCUT2D eigenvalue weighted by Gasteiger charge is -2.20. The summed E-state index contributed by atoms with van der Waals surface area (Å²) in [6, 6.07) is 9.19. The zero-order valence-electron chi connectivity index (χ0n) is 14.2. The first kappa shape index (κ1) is 17.7. The summed E-state index contributed by atoms with van der Waals surface area (Å²) in [5, 5.41) is 3.51. The highest BCUT2D eigenvalue weighted by molar-refractivity contribution is 7.89. The van der Waals surface area contributed by atoms with E-state index in [1.54, 1.807) is 12.1 Å². The Bertz CT molecular complexity index is 764. The third kappa shape index (κ3) is 4.02. The minimum atomic E-state index is -3.39. The Labute approximate surface area is 138 Å². The van der Waals surface area contributed by atoms with Gasteiger partial charge in [0.1, 0.15) is 11.5 Å². The third-order valence-electron chi connectivity index (χ3n) is 4.01. The highest BCUT2D eigenvalue weighted by Gasteiger charge is 2.17. The summed E-state index contributed by atoms with van der Waals surface area (Å²) < 4.78 is 31.4. The van der Waals surface area contributed by atoms with Crippen LogP contribution in [0.5, 0.6) is 0 Å². The maximum absolute atomic E-state index is 11.7. The maximum atomic E-state index is 11.7. The fraction of sp³-hybridized carbons (Fsp3) is 0.412. The molecule has 2 N–H and O–H groups in total. The molecule has 2 rings (SSSR count). The van der Waals surface area contributed by atoms with E-state index in [9.17, 15) is 8.42 Å². The second-order valence-electron chi connectivity index (χ2n) is 5.76. The molecule has 2 unspecified atom stereocenters. The van der Waals surface area contributed by atoms with Crippen molar-refractivity contribution >= 4 is 10.0 Å². The summed E-state index contributed by atoms with van der Waals surface area (Å²) in [5.74, 6) is 1.82. The van der Waals surface area contributed by atoms with Crippen molar-refractivity contribution in [3.63, 3.8) is 0 Å². The molecule has 126 valence electrons. The van der Waals surface area contributed by atoms with Crippen LogP contribution in [-0.2, 0) is 10.0 Å². The van der Waals surface area contributed by atoms with Crippen molar-refractivity contribution in [3.8, 4) is 0 Å². The smallest absolute Gasteiger partial charge is 0.240 e. The van der Waals surface area contributed by atoms with Crippen LogP contribution in [0.4, 0.5) is 0 Å². The Morgan fingerprint density at radius 3 is 2.13 bits per heavy atom. The zero-order valence-corrected chi connectivity index (χ0v) is 15.0. The van der Waals surface area contributed by atoms with E-state index in [1.807, 2.05) is 32.0 Å². The van der Waals surface area contributed by atoms with E-state index in [0.29, 0.717) is 0 Å². The molecule has 23 heavy (non-hydrogen) atoms. The topological polar surface area (TPSA) is 71.3 Å². The third-order valence-corrected chi connectivity index (χ3v) is 5.44. The van der Waals surface area contributed by atoms with Crippen LogP contribution in [0.3, 0.4) is 0 Å². The second kappa shape index (κ2) is 6.86. The second-order valence-corrected chi connectivity index (χ2v) is 7.64. The molecule has 0 saturated heterocycles. The number of sulfonamides is 1. The molecule has 0 radical (unpaired) electrons. The number of aryl methyl sites for hydroxylation is 2. The van der Waals surface area contributed by atoms with Gasteiger partial charge in [-0.3, -0.25) is 0 Å². The zero-order chi connectivity index (χ0) is 17.2. The van der Waals surface area contributed by atoms with E-state index in [1.165, 1.54) is 7.05 Å². The quantitative estimate of drug-likeness (QED) is 0.850. The van der Waals surface area contributed by atoms with Crippen LogP contribution in [0.2, 0.25) is 0 Å². The van der Waals surface area contributed by atoms with Gasteiger partial charge in [0.2, 0.25) is 10.0 Å². The van der Waals surface area contributed by atoms with Crippen LogP contribution in [0.15, 0.2) is 39.6 Å². The van der Waals surface area contributed by atoms with Crippen molar-refractivity contribution < 1.29 is 12.8 Å². The van der Waals surface area contributed by atoms with Crippen molar-refractivity contribution in [3.05, 3.63) is 53.0 Å². The molecule has 2 aromatic rings. The van der Waals surface area contributed by atoms with Gasteiger partial charge in [-0.15, -0.1) is 0 Å². The number of benzene rings is 1. The monoisotopic (exact) mass is 336 g/mol. The van der Waals surface area contributed by atoms with Gasteiger partial charge in [0.25, 0.3) is 0 Å². The number of nitrogens with one attached hydrogen (secondary N) is 2. The Morgan fingerprint density at radius 1 is 1.04 bits per heavy atom. The summed E-state index contributed by atoms with van der Waals surface area (Å²) >= 11 is 0. The molecule has 1 aromatic carbocycles.